The minimum Gasteiger partial charge on any atom is -0.395 e. The maximum absolute atomic E-state index is 11.0. The molecular weight excluding hydrogens is 233 g/mol. The third-order valence-electron chi connectivity index (χ3n) is 2.84. The van der Waals surface area contributed by atoms with Crippen LogP contribution in [0.15, 0.2) is 0 Å². The van der Waals surface area contributed by atoms with E-state index in [1.54, 1.807) is 13.8 Å². The SMILES string of the molecule is CC(C)C(C)(C)P.CCNC(=O)C(C)(C)CO. The molecule has 0 aromatic heterocycles. The van der Waals surface area contributed by atoms with Crippen molar-refractivity contribution in [2.24, 2.45) is 11.3 Å². The molecule has 0 aromatic rings. The van der Waals surface area contributed by atoms with Crippen LogP contribution >= 0.6 is 9.24 Å². The van der Waals surface area contributed by atoms with E-state index in [9.17, 15) is 4.79 Å². The molecule has 0 aliphatic rings. The number of hydrogen-bond acceptors (Lipinski definition) is 2. The molecule has 0 rings (SSSR count). The molecule has 0 aliphatic heterocycles. The molecule has 0 saturated carbocycles. The van der Waals surface area contributed by atoms with Crippen LogP contribution in [0.4, 0.5) is 0 Å². The molecule has 1 amide bonds. The minimum absolute atomic E-state index is 0.0995. The van der Waals surface area contributed by atoms with Crippen LogP contribution in [0.25, 0.3) is 0 Å². The summed E-state index contributed by atoms with van der Waals surface area (Å²) < 4.78 is 0. The number of aliphatic hydroxyl groups is 1. The topological polar surface area (TPSA) is 49.3 Å². The van der Waals surface area contributed by atoms with Gasteiger partial charge in [0.1, 0.15) is 0 Å². The summed E-state index contributed by atoms with van der Waals surface area (Å²) in [6, 6.07) is 0. The van der Waals surface area contributed by atoms with Crippen molar-refractivity contribution in [1.29, 1.82) is 0 Å². The lowest BCUT2D eigenvalue weighted by atomic mass is 9.94. The summed E-state index contributed by atoms with van der Waals surface area (Å²) in [4.78, 5) is 11.0. The summed E-state index contributed by atoms with van der Waals surface area (Å²) in [5, 5.41) is 11.8. The van der Waals surface area contributed by atoms with Crippen molar-refractivity contribution in [2.45, 2.75) is 53.6 Å². The van der Waals surface area contributed by atoms with E-state index in [2.05, 4.69) is 42.3 Å². The molecule has 0 aromatic carbocycles. The van der Waals surface area contributed by atoms with Gasteiger partial charge in [0.2, 0.25) is 5.91 Å². The van der Waals surface area contributed by atoms with Crippen molar-refractivity contribution < 1.29 is 9.90 Å². The van der Waals surface area contributed by atoms with Crippen molar-refractivity contribution >= 4 is 15.1 Å². The van der Waals surface area contributed by atoms with Crippen LogP contribution in [-0.4, -0.2) is 29.3 Å². The molecular formula is C13H30NO2P. The van der Waals surface area contributed by atoms with Crippen molar-refractivity contribution in [2.75, 3.05) is 13.2 Å². The van der Waals surface area contributed by atoms with Crippen molar-refractivity contribution in [3.05, 3.63) is 0 Å². The summed E-state index contributed by atoms with van der Waals surface area (Å²) in [6.07, 6.45) is 0. The van der Waals surface area contributed by atoms with Crippen LogP contribution in [-0.2, 0) is 4.79 Å². The van der Waals surface area contributed by atoms with Crippen molar-refractivity contribution in [3.63, 3.8) is 0 Å². The zero-order chi connectivity index (χ0) is 14.3. The highest BCUT2D eigenvalue weighted by Crippen LogP contribution is 2.25. The van der Waals surface area contributed by atoms with E-state index >= 15 is 0 Å². The Morgan fingerprint density at radius 3 is 1.82 bits per heavy atom. The van der Waals surface area contributed by atoms with E-state index in [1.807, 2.05) is 6.92 Å². The Balaban J connectivity index is 0. The van der Waals surface area contributed by atoms with Gasteiger partial charge in [0, 0.05) is 6.54 Å². The van der Waals surface area contributed by atoms with E-state index in [-0.39, 0.29) is 12.5 Å². The van der Waals surface area contributed by atoms with Crippen LogP contribution in [0.5, 0.6) is 0 Å². The quantitative estimate of drug-likeness (QED) is 0.765. The van der Waals surface area contributed by atoms with E-state index in [0.29, 0.717) is 11.7 Å². The Morgan fingerprint density at radius 2 is 1.65 bits per heavy atom. The Kier molecular flexibility index (Phi) is 9.09. The second-order valence-electron chi connectivity index (χ2n) is 5.88. The minimum atomic E-state index is -0.643. The van der Waals surface area contributed by atoms with Gasteiger partial charge in [0.15, 0.2) is 0 Å². The lowest BCUT2D eigenvalue weighted by Crippen LogP contribution is -2.39. The van der Waals surface area contributed by atoms with Crippen molar-refractivity contribution in [3.8, 4) is 0 Å². The molecule has 0 bridgehead atoms. The number of rotatable bonds is 4. The Morgan fingerprint density at radius 1 is 1.29 bits per heavy atom. The largest absolute Gasteiger partial charge is 0.395 e. The van der Waals surface area contributed by atoms with E-state index < -0.39 is 5.41 Å². The Hall–Kier alpha value is -0.140. The Bertz CT molecular complexity index is 220. The first-order chi connectivity index (χ1) is 7.49. The van der Waals surface area contributed by atoms with Gasteiger partial charge in [0.25, 0.3) is 0 Å². The van der Waals surface area contributed by atoms with Crippen molar-refractivity contribution in [1.82, 2.24) is 5.32 Å². The van der Waals surface area contributed by atoms with Crippen LogP contribution in [0.1, 0.15) is 48.5 Å². The van der Waals surface area contributed by atoms with Gasteiger partial charge in [-0.05, 0) is 31.8 Å². The molecule has 104 valence electrons. The standard InChI is InChI=1S/C7H15NO2.C6H15P/c1-4-8-6(10)7(2,3)5-9;1-5(2)6(3,4)7/h9H,4-5H2,1-3H3,(H,8,10);5H,7H2,1-4H3. The summed E-state index contributed by atoms with van der Waals surface area (Å²) in [5.41, 5.74) is -0.643. The summed E-state index contributed by atoms with van der Waals surface area (Å²) >= 11 is 0. The fourth-order valence-electron chi connectivity index (χ4n) is 0.472. The van der Waals surface area contributed by atoms with Gasteiger partial charge >= 0.3 is 0 Å². The highest BCUT2D eigenvalue weighted by molar-refractivity contribution is 7.18. The Labute approximate surface area is 109 Å². The molecule has 0 spiro atoms. The molecule has 0 saturated heterocycles. The zero-order valence-corrected chi connectivity index (χ0v) is 13.6. The fraction of sp³-hybridized carbons (Fsp3) is 0.923. The third kappa shape index (κ3) is 9.55. The first-order valence-corrected chi connectivity index (χ1v) is 6.74. The third-order valence-corrected chi connectivity index (χ3v) is 3.50. The second-order valence-corrected chi connectivity index (χ2v) is 7.37. The lowest BCUT2D eigenvalue weighted by Gasteiger charge is -2.22. The van der Waals surface area contributed by atoms with Crippen LogP contribution < -0.4 is 5.32 Å². The molecule has 1 atom stereocenters. The maximum atomic E-state index is 11.0. The van der Waals surface area contributed by atoms with Gasteiger partial charge < -0.3 is 10.4 Å². The first kappa shape index (κ1) is 19.2. The number of amides is 1. The molecule has 4 heteroatoms. The molecule has 0 fully saturated rings. The van der Waals surface area contributed by atoms with Gasteiger partial charge in [-0.2, -0.15) is 0 Å². The number of carbonyl (C=O) groups is 1. The number of hydrogen-bond donors (Lipinski definition) is 2. The maximum Gasteiger partial charge on any atom is 0.227 e. The second kappa shape index (κ2) is 8.05. The van der Waals surface area contributed by atoms with Crippen LogP contribution in [0.3, 0.4) is 0 Å². The fourth-order valence-corrected chi connectivity index (χ4v) is 0.472. The molecule has 0 aliphatic carbocycles. The number of nitrogens with one attached hydrogen (secondary N) is 1. The zero-order valence-electron chi connectivity index (χ0n) is 12.4. The van der Waals surface area contributed by atoms with Gasteiger partial charge in [-0.3, -0.25) is 4.79 Å². The smallest absolute Gasteiger partial charge is 0.227 e. The predicted molar refractivity (Wildman–Crippen MR) is 78.2 cm³/mol. The monoisotopic (exact) mass is 263 g/mol. The molecule has 2 N–H and O–H groups in total. The number of carbonyl (C=O) groups excluding carboxylic acids is 1. The summed E-state index contributed by atoms with van der Waals surface area (Å²) in [6.45, 7) is 14.7. The van der Waals surface area contributed by atoms with Gasteiger partial charge in [-0.15, -0.1) is 9.24 Å². The van der Waals surface area contributed by atoms with Gasteiger partial charge in [-0.25, -0.2) is 0 Å². The van der Waals surface area contributed by atoms with E-state index in [4.69, 9.17) is 5.11 Å². The van der Waals surface area contributed by atoms with Gasteiger partial charge in [-0.1, -0.05) is 27.7 Å². The average Bonchev–Trinajstić information content (AvgIpc) is 2.17. The highest BCUT2D eigenvalue weighted by atomic mass is 31.0. The van der Waals surface area contributed by atoms with Gasteiger partial charge in [0.05, 0.1) is 12.0 Å². The molecule has 3 nitrogen and oxygen atoms in total. The highest BCUT2D eigenvalue weighted by Gasteiger charge is 2.25. The lowest BCUT2D eigenvalue weighted by molar-refractivity contribution is -0.131. The first-order valence-electron chi connectivity index (χ1n) is 6.17. The molecule has 17 heavy (non-hydrogen) atoms. The molecule has 1 unspecified atom stereocenters. The van der Waals surface area contributed by atoms with Crippen LogP contribution in [0.2, 0.25) is 0 Å². The van der Waals surface area contributed by atoms with E-state index in [1.165, 1.54) is 0 Å². The predicted octanol–water partition coefficient (Wildman–Crippen LogP) is 2.44. The van der Waals surface area contributed by atoms with E-state index in [0.717, 1.165) is 5.92 Å². The molecule has 0 heterocycles. The van der Waals surface area contributed by atoms with Crippen LogP contribution in [0, 0.1) is 11.3 Å². The summed E-state index contributed by atoms with van der Waals surface area (Å²) in [5.74, 6) is 0.662. The number of aliphatic hydroxyl groups excluding tert-OH is 1. The summed E-state index contributed by atoms with van der Waals surface area (Å²) in [7, 11) is 2.83. The normalized spacial score (nSPS) is 11.9. The molecule has 0 radical (unpaired) electrons. The average molecular weight is 263 g/mol.